The molecule has 32 heavy (non-hydrogen) atoms. The highest BCUT2D eigenvalue weighted by Crippen LogP contribution is 2.52. The Morgan fingerprint density at radius 2 is 1.69 bits per heavy atom. The topological polar surface area (TPSA) is 63.6 Å². The highest BCUT2D eigenvalue weighted by atomic mass is 16.5. The SMILES string of the molecule is CC1=CC2CC1C(C(=O)O)C2C(=O)Oc1c2ccccc2cc2ccc(C(C)(C)C)cc12. The number of hydrogen-bond acceptors (Lipinski definition) is 3. The zero-order valence-corrected chi connectivity index (χ0v) is 18.9. The van der Waals surface area contributed by atoms with Crippen LogP contribution in [0.2, 0.25) is 0 Å². The van der Waals surface area contributed by atoms with Gasteiger partial charge in [-0.1, -0.05) is 68.8 Å². The summed E-state index contributed by atoms with van der Waals surface area (Å²) >= 11 is 0. The fourth-order valence-corrected chi connectivity index (χ4v) is 5.62. The number of fused-ring (bicyclic) bond motifs is 4. The molecule has 5 rings (SSSR count). The lowest BCUT2D eigenvalue weighted by Gasteiger charge is -2.26. The summed E-state index contributed by atoms with van der Waals surface area (Å²) in [6.45, 7) is 8.43. The molecule has 4 unspecified atom stereocenters. The Hall–Kier alpha value is -3.14. The molecule has 1 saturated carbocycles. The molecule has 2 aliphatic carbocycles. The molecule has 1 N–H and O–H groups in total. The van der Waals surface area contributed by atoms with E-state index in [0.717, 1.165) is 32.7 Å². The van der Waals surface area contributed by atoms with E-state index >= 15 is 0 Å². The normalized spacial score (nSPS) is 24.7. The highest BCUT2D eigenvalue weighted by Gasteiger charge is 2.54. The molecule has 4 nitrogen and oxygen atoms in total. The van der Waals surface area contributed by atoms with Gasteiger partial charge in [-0.2, -0.15) is 0 Å². The zero-order chi connectivity index (χ0) is 22.8. The van der Waals surface area contributed by atoms with Crippen LogP contribution in [0.5, 0.6) is 5.75 Å². The van der Waals surface area contributed by atoms with Crippen molar-refractivity contribution >= 4 is 33.5 Å². The van der Waals surface area contributed by atoms with Gasteiger partial charge in [-0.25, -0.2) is 0 Å². The fraction of sp³-hybridized carbons (Fsp3) is 0.357. The Labute approximate surface area is 187 Å². The van der Waals surface area contributed by atoms with Gasteiger partial charge in [-0.3, -0.25) is 9.59 Å². The van der Waals surface area contributed by atoms with Gasteiger partial charge in [0.05, 0.1) is 11.8 Å². The van der Waals surface area contributed by atoms with E-state index in [2.05, 4.69) is 51.1 Å². The Balaban J connectivity index is 1.64. The largest absolute Gasteiger partial charge is 0.481 e. The third-order valence-corrected chi connectivity index (χ3v) is 7.31. The Kier molecular flexibility index (Phi) is 4.66. The van der Waals surface area contributed by atoms with Gasteiger partial charge in [0.1, 0.15) is 5.75 Å². The maximum atomic E-state index is 13.5. The number of allylic oxidation sites excluding steroid dienone is 2. The van der Waals surface area contributed by atoms with Gasteiger partial charge in [0.25, 0.3) is 0 Å². The van der Waals surface area contributed by atoms with E-state index in [0.29, 0.717) is 12.2 Å². The maximum Gasteiger partial charge on any atom is 0.315 e. The third kappa shape index (κ3) is 3.21. The second-order valence-electron chi connectivity index (χ2n) is 10.3. The van der Waals surface area contributed by atoms with Gasteiger partial charge in [-0.05, 0) is 59.1 Å². The number of carbonyl (C=O) groups is 2. The summed E-state index contributed by atoms with van der Waals surface area (Å²) in [4.78, 5) is 25.5. The summed E-state index contributed by atoms with van der Waals surface area (Å²) in [6, 6.07) is 16.3. The molecular formula is C28H28O4. The molecule has 0 aromatic heterocycles. The first-order chi connectivity index (χ1) is 15.1. The Bertz CT molecular complexity index is 1290. The van der Waals surface area contributed by atoms with Crippen LogP contribution in [0, 0.1) is 23.7 Å². The van der Waals surface area contributed by atoms with Crippen molar-refractivity contribution in [3.8, 4) is 5.75 Å². The van der Waals surface area contributed by atoms with Crippen molar-refractivity contribution in [3.63, 3.8) is 0 Å². The van der Waals surface area contributed by atoms with Crippen LogP contribution in [0.1, 0.15) is 39.7 Å². The summed E-state index contributed by atoms with van der Waals surface area (Å²) in [5, 5.41) is 13.6. The number of carbonyl (C=O) groups excluding carboxylic acids is 1. The molecule has 4 heteroatoms. The lowest BCUT2D eigenvalue weighted by atomic mass is 9.80. The third-order valence-electron chi connectivity index (χ3n) is 7.31. The minimum atomic E-state index is -0.912. The maximum absolute atomic E-state index is 13.5. The summed E-state index contributed by atoms with van der Waals surface area (Å²) in [7, 11) is 0. The van der Waals surface area contributed by atoms with Crippen molar-refractivity contribution in [3.05, 3.63) is 65.7 Å². The molecule has 3 aromatic rings. The molecule has 0 spiro atoms. The quantitative estimate of drug-likeness (QED) is 0.237. The van der Waals surface area contributed by atoms with Crippen molar-refractivity contribution in [2.45, 2.75) is 39.5 Å². The number of carboxylic acid groups (broad SMARTS) is 1. The molecule has 0 saturated heterocycles. The molecule has 0 radical (unpaired) electrons. The van der Waals surface area contributed by atoms with Crippen LogP contribution in [0.25, 0.3) is 21.5 Å². The lowest BCUT2D eigenvalue weighted by Crippen LogP contribution is -2.36. The molecule has 2 bridgehead atoms. The predicted octanol–water partition coefficient (Wildman–Crippen LogP) is 6.11. The second-order valence-corrected chi connectivity index (χ2v) is 10.3. The molecule has 0 aliphatic heterocycles. The van der Waals surface area contributed by atoms with E-state index in [9.17, 15) is 14.7 Å². The molecule has 2 aliphatic rings. The van der Waals surface area contributed by atoms with Crippen molar-refractivity contribution in [2.75, 3.05) is 0 Å². The number of ether oxygens (including phenoxy) is 1. The molecule has 4 atom stereocenters. The van der Waals surface area contributed by atoms with Crippen LogP contribution in [0.15, 0.2) is 60.2 Å². The predicted molar refractivity (Wildman–Crippen MR) is 126 cm³/mol. The summed E-state index contributed by atoms with van der Waals surface area (Å²) in [5.74, 6) is -2.34. The van der Waals surface area contributed by atoms with Gasteiger partial charge >= 0.3 is 11.9 Å². The first-order valence-corrected chi connectivity index (χ1v) is 11.2. The molecule has 0 amide bonds. The number of rotatable bonds is 3. The smallest absolute Gasteiger partial charge is 0.315 e. The zero-order valence-electron chi connectivity index (χ0n) is 18.9. The van der Waals surface area contributed by atoms with Crippen LogP contribution >= 0.6 is 0 Å². The molecule has 0 heterocycles. The van der Waals surface area contributed by atoms with Crippen molar-refractivity contribution < 1.29 is 19.4 Å². The molecule has 164 valence electrons. The fourth-order valence-electron chi connectivity index (χ4n) is 5.62. The van der Waals surface area contributed by atoms with Crippen LogP contribution in [-0.2, 0) is 15.0 Å². The first kappa shape index (κ1) is 20.7. The van der Waals surface area contributed by atoms with E-state index in [1.54, 1.807) is 0 Å². The standard InChI is InChI=1S/C28H28O4/c1-15-11-18-13-21(15)24(26(29)30)23(18)27(31)32-25-20-8-6-5-7-16(20)12-17-9-10-19(14-22(17)25)28(2,3)4/h5-12,14,18,21,23-24H,13H2,1-4H3,(H,29,30). The van der Waals surface area contributed by atoms with Crippen LogP contribution in [0.4, 0.5) is 0 Å². The van der Waals surface area contributed by atoms with Gasteiger partial charge in [0, 0.05) is 10.8 Å². The molecular weight excluding hydrogens is 400 g/mol. The Morgan fingerprint density at radius 1 is 0.969 bits per heavy atom. The number of aliphatic carboxylic acids is 1. The number of benzene rings is 3. The highest BCUT2D eigenvalue weighted by molar-refractivity contribution is 6.07. The minimum absolute atomic E-state index is 0.0531. The van der Waals surface area contributed by atoms with Gasteiger partial charge in [0.2, 0.25) is 0 Å². The van der Waals surface area contributed by atoms with Crippen molar-refractivity contribution in [1.29, 1.82) is 0 Å². The van der Waals surface area contributed by atoms with E-state index in [4.69, 9.17) is 4.74 Å². The van der Waals surface area contributed by atoms with E-state index in [-0.39, 0.29) is 17.3 Å². The van der Waals surface area contributed by atoms with Crippen molar-refractivity contribution in [2.24, 2.45) is 23.7 Å². The van der Waals surface area contributed by atoms with Gasteiger partial charge < -0.3 is 9.84 Å². The monoisotopic (exact) mass is 428 g/mol. The van der Waals surface area contributed by atoms with E-state index < -0.39 is 23.8 Å². The number of hydrogen-bond donors (Lipinski definition) is 1. The summed E-state index contributed by atoms with van der Waals surface area (Å²) < 4.78 is 6.13. The Morgan fingerprint density at radius 3 is 2.41 bits per heavy atom. The molecule has 3 aromatic carbocycles. The van der Waals surface area contributed by atoms with E-state index in [1.807, 2.05) is 31.2 Å². The van der Waals surface area contributed by atoms with Crippen LogP contribution in [-0.4, -0.2) is 17.0 Å². The summed E-state index contributed by atoms with van der Waals surface area (Å²) in [6.07, 6.45) is 2.78. The second kappa shape index (κ2) is 7.19. The number of esters is 1. The van der Waals surface area contributed by atoms with Gasteiger partial charge in [0.15, 0.2) is 0 Å². The van der Waals surface area contributed by atoms with Crippen molar-refractivity contribution in [1.82, 2.24) is 0 Å². The van der Waals surface area contributed by atoms with Crippen LogP contribution in [0.3, 0.4) is 0 Å². The van der Waals surface area contributed by atoms with Crippen LogP contribution < -0.4 is 4.74 Å². The minimum Gasteiger partial charge on any atom is -0.481 e. The van der Waals surface area contributed by atoms with Gasteiger partial charge in [-0.15, -0.1) is 0 Å². The average Bonchev–Trinajstić information content (AvgIpc) is 3.29. The lowest BCUT2D eigenvalue weighted by molar-refractivity contribution is -0.152. The molecule has 1 fully saturated rings. The summed E-state index contributed by atoms with van der Waals surface area (Å²) in [5.41, 5.74) is 2.18. The average molecular weight is 429 g/mol. The van der Waals surface area contributed by atoms with E-state index in [1.165, 1.54) is 0 Å². The number of carboxylic acids is 1. The first-order valence-electron chi connectivity index (χ1n) is 11.2.